The lowest BCUT2D eigenvalue weighted by molar-refractivity contribution is -0.125. The van der Waals surface area contributed by atoms with Gasteiger partial charge in [0.1, 0.15) is 0 Å². The standard InChI is InChI=1S/C17H26ClNO/c1-5-13(2)15(14-9-7-6-8-10-14)16(20)19-17(3,4)11-12-18/h6-10,13,15H,5,11-12H2,1-4H3,(H,19,20). The average molecular weight is 296 g/mol. The monoisotopic (exact) mass is 295 g/mol. The van der Waals surface area contributed by atoms with Crippen LogP contribution in [0.2, 0.25) is 0 Å². The van der Waals surface area contributed by atoms with E-state index in [1.807, 2.05) is 44.2 Å². The first-order valence-corrected chi connectivity index (χ1v) is 7.87. The summed E-state index contributed by atoms with van der Waals surface area (Å²) in [6.45, 7) is 8.29. The van der Waals surface area contributed by atoms with E-state index in [2.05, 4.69) is 19.2 Å². The highest BCUT2D eigenvalue weighted by molar-refractivity contribution is 6.17. The summed E-state index contributed by atoms with van der Waals surface area (Å²) in [5.41, 5.74) is 0.820. The van der Waals surface area contributed by atoms with Crippen molar-refractivity contribution in [3.05, 3.63) is 35.9 Å². The Kier molecular flexibility index (Phi) is 6.54. The van der Waals surface area contributed by atoms with Crippen molar-refractivity contribution in [1.29, 1.82) is 0 Å². The second-order valence-corrected chi connectivity index (χ2v) is 6.46. The molecule has 0 aliphatic heterocycles. The van der Waals surface area contributed by atoms with Gasteiger partial charge in [0.15, 0.2) is 0 Å². The first-order chi connectivity index (χ1) is 9.41. The van der Waals surface area contributed by atoms with Crippen LogP contribution in [0.3, 0.4) is 0 Å². The smallest absolute Gasteiger partial charge is 0.228 e. The van der Waals surface area contributed by atoms with Crippen LogP contribution in [0.25, 0.3) is 0 Å². The predicted octanol–water partition coefficient (Wildman–Crippen LogP) is 4.34. The number of hydrogen-bond donors (Lipinski definition) is 1. The molecule has 0 radical (unpaired) electrons. The van der Waals surface area contributed by atoms with Gasteiger partial charge >= 0.3 is 0 Å². The van der Waals surface area contributed by atoms with Gasteiger partial charge in [-0.1, -0.05) is 50.6 Å². The molecular weight excluding hydrogens is 270 g/mol. The number of hydrogen-bond acceptors (Lipinski definition) is 1. The number of amides is 1. The highest BCUT2D eigenvalue weighted by Crippen LogP contribution is 2.28. The summed E-state index contributed by atoms with van der Waals surface area (Å²) in [6, 6.07) is 10.0. The predicted molar refractivity (Wildman–Crippen MR) is 86.2 cm³/mol. The van der Waals surface area contributed by atoms with Gasteiger partial charge in [-0.2, -0.15) is 0 Å². The number of nitrogens with one attached hydrogen (secondary N) is 1. The molecule has 1 amide bonds. The van der Waals surface area contributed by atoms with Crippen molar-refractivity contribution >= 4 is 17.5 Å². The van der Waals surface area contributed by atoms with E-state index in [1.165, 1.54) is 0 Å². The number of rotatable bonds is 7. The Morgan fingerprint density at radius 3 is 2.40 bits per heavy atom. The summed E-state index contributed by atoms with van der Waals surface area (Å²) in [5, 5.41) is 3.15. The van der Waals surface area contributed by atoms with Crippen molar-refractivity contribution in [1.82, 2.24) is 5.32 Å². The van der Waals surface area contributed by atoms with E-state index < -0.39 is 0 Å². The van der Waals surface area contributed by atoms with Crippen LogP contribution < -0.4 is 5.32 Å². The van der Waals surface area contributed by atoms with E-state index in [0.717, 1.165) is 18.4 Å². The van der Waals surface area contributed by atoms with Gasteiger partial charge in [0.2, 0.25) is 5.91 Å². The second-order valence-electron chi connectivity index (χ2n) is 6.09. The molecule has 1 aromatic rings. The van der Waals surface area contributed by atoms with Crippen LogP contribution in [0, 0.1) is 5.92 Å². The molecule has 0 aromatic heterocycles. The highest BCUT2D eigenvalue weighted by Gasteiger charge is 2.29. The van der Waals surface area contributed by atoms with Crippen LogP contribution >= 0.6 is 11.6 Å². The van der Waals surface area contributed by atoms with E-state index in [4.69, 9.17) is 11.6 Å². The molecule has 3 heteroatoms. The number of benzene rings is 1. The van der Waals surface area contributed by atoms with Crippen molar-refractivity contribution in [3.8, 4) is 0 Å². The SMILES string of the molecule is CCC(C)C(C(=O)NC(C)(C)CCCl)c1ccccc1. The zero-order chi connectivity index (χ0) is 15.2. The molecule has 0 bridgehead atoms. The van der Waals surface area contributed by atoms with Gasteiger partial charge < -0.3 is 5.32 Å². The minimum absolute atomic E-state index is 0.0978. The first kappa shape index (κ1) is 17.0. The van der Waals surface area contributed by atoms with Gasteiger partial charge in [0.25, 0.3) is 0 Å². The number of carbonyl (C=O) groups is 1. The quantitative estimate of drug-likeness (QED) is 0.745. The Bertz CT molecular complexity index is 416. The van der Waals surface area contributed by atoms with Crippen LogP contribution in [-0.2, 0) is 4.79 Å². The number of halogens is 1. The molecule has 0 saturated heterocycles. The van der Waals surface area contributed by atoms with Gasteiger partial charge in [-0.05, 0) is 31.7 Å². The molecule has 2 nitrogen and oxygen atoms in total. The van der Waals surface area contributed by atoms with Gasteiger partial charge in [-0.15, -0.1) is 11.6 Å². The molecule has 0 aliphatic carbocycles. The Morgan fingerprint density at radius 2 is 1.90 bits per heavy atom. The largest absolute Gasteiger partial charge is 0.351 e. The lowest BCUT2D eigenvalue weighted by Crippen LogP contribution is -2.46. The third kappa shape index (κ3) is 4.82. The molecule has 20 heavy (non-hydrogen) atoms. The minimum atomic E-state index is -0.265. The molecule has 1 rings (SSSR count). The summed E-state index contributed by atoms with van der Waals surface area (Å²) < 4.78 is 0. The average Bonchev–Trinajstić information content (AvgIpc) is 2.39. The van der Waals surface area contributed by atoms with Crippen LogP contribution in [0.1, 0.15) is 52.0 Å². The molecule has 1 N–H and O–H groups in total. The topological polar surface area (TPSA) is 29.1 Å². The molecule has 0 saturated carbocycles. The highest BCUT2D eigenvalue weighted by atomic mass is 35.5. The van der Waals surface area contributed by atoms with Gasteiger partial charge in [-0.25, -0.2) is 0 Å². The fourth-order valence-corrected chi connectivity index (χ4v) is 2.82. The van der Waals surface area contributed by atoms with Crippen LogP contribution in [0.15, 0.2) is 30.3 Å². The third-order valence-corrected chi connectivity index (χ3v) is 4.02. The van der Waals surface area contributed by atoms with Gasteiger partial charge in [0, 0.05) is 11.4 Å². The summed E-state index contributed by atoms with van der Waals surface area (Å²) in [4.78, 5) is 12.7. The van der Waals surface area contributed by atoms with Crippen molar-refractivity contribution in [3.63, 3.8) is 0 Å². The fourth-order valence-electron chi connectivity index (χ4n) is 2.34. The van der Waals surface area contributed by atoms with E-state index in [1.54, 1.807) is 0 Å². The van der Waals surface area contributed by atoms with Crippen molar-refractivity contribution < 1.29 is 4.79 Å². The summed E-state index contributed by atoms with van der Waals surface area (Å²) in [7, 11) is 0. The maximum Gasteiger partial charge on any atom is 0.228 e. The third-order valence-electron chi connectivity index (χ3n) is 3.84. The molecule has 1 aromatic carbocycles. The zero-order valence-electron chi connectivity index (χ0n) is 12.9. The van der Waals surface area contributed by atoms with Crippen LogP contribution in [0.5, 0.6) is 0 Å². The van der Waals surface area contributed by atoms with Gasteiger partial charge in [-0.3, -0.25) is 4.79 Å². The molecule has 0 heterocycles. The van der Waals surface area contributed by atoms with Crippen molar-refractivity contribution in [2.75, 3.05) is 5.88 Å². The van der Waals surface area contributed by atoms with E-state index in [-0.39, 0.29) is 17.4 Å². The minimum Gasteiger partial charge on any atom is -0.351 e. The van der Waals surface area contributed by atoms with Crippen molar-refractivity contribution in [2.45, 2.75) is 52.0 Å². The lowest BCUT2D eigenvalue weighted by atomic mass is 9.84. The van der Waals surface area contributed by atoms with Crippen LogP contribution in [-0.4, -0.2) is 17.3 Å². The van der Waals surface area contributed by atoms with Crippen molar-refractivity contribution in [2.24, 2.45) is 5.92 Å². The normalized spacial score (nSPS) is 14.7. The molecule has 2 unspecified atom stereocenters. The first-order valence-electron chi connectivity index (χ1n) is 7.34. The molecule has 0 fully saturated rings. The van der Waals surface area contributed by atoms with Gasteiger partial charge in [0.05, 0.1) is 5.92 Å². The molecule has 112 valence electrons. The molecule has 0 aliphatic rings. The Hall–Kier alpha value is -1.02. The molecule has 2 atom stereocenters. The van der Waals surface area contributed by atoms with E-state index in [9.17, 15) is 4.79 Å². The Balaban J connectivity index is 2.92. The lowest BCUT2D eigenvalue weighted by Gasteiger charge is -2.30. The number of carbonyl (C=O) groups excluding carboxylic acids is 1. The molecular formula is C17H26ClNO. The summed E-state index contributed by atoms with van der Waals surface area (Å²) >= 11 is 5.80. The van der Waals surface area contributed by atoms with E-state index >= 15 is 0 Å². The zero-order valence-corrected chi connectivity index (χ0v) is 13.7. The van der Waals surface area contributed by atoms with Crippen LogP contribution in [0.4, 0.5) is 0 Å². The van der Waals surface area contributed by atoms with E-state index in [0.29, 0.717) is 11.8 Å². The summed E-state index contributed by atoms with van der Waals surface area (Å²) in [5.74, 6) is 0.854. The fraction of sp³-hybridized carbons (Fsp3) is 0.588. The Labute approximate surface area is 127 Å². The maximum atomic E-state index is 12.7. The number of alkyl halides is 1. The summed E-state index contributed by atoms with van der Waals surface area (Å²) in [6.07, 6.45) is 1.74. The second kappa shape index (κ2) is 7.68. The molecule has 0 spiro atoms. The maximum absolute atomic E-state index is 12.7. The Morgan fingerprint density at radius 1 is 1.30 bits per heavy atom.